The number of halogens is 2. The van der Waals surface area contributed by atoms with Gasteiger partial charge in [0.15, 0.2) is 5.82 Å². The van der Waals surface area contributed by atoms with E-state index >= 15 is 4.39 Å². The summed E-state index contributed by atoms with van der Waals surface area (Å²) in [6.45, 7) is 3.27. The minimum absolute atomic E-state index is 0.00406. The highest BCUT2D eigenvalue weighted by atomic mass is 35.5. The molecule has 3 heterocycles. The van der Waals surface area contributed by atoms with Gasteiger partial charge in [-0.2, -0.15) is 0 Å². The summed E-state index contributed by atoms with van der Waals surface area (Å²) in [4.78, 5) is 20.1. The molecule has 2 fully saturated rings. The van der Waals surface area contributed by atoms with Gasteiger partial charge in [-0.3, -0.25) is 4.79 Å². The number of aromatic nitrogens is 2. The molecule has 1 atom stereocenters. The number of aromatic hydroxyl groups is 1. The molecule has 1 unspecified atom stereocenters. The molecule has 6 rings (SSSR count). The molecular formula is C28H28ClFN4O3. The molecule has 2 saturated heterocycles. The molecule has 2 aliphatic heterocycles. The van der Waals surface area contributed by atoms with Crippen LogP contribution in [0.25, 0.3) is 32.9 Å². The standard InChI is InChI=1S/C28H28ClFN4O3/c1-33-8-4-6-18(33)15-37-27-28(36)34(14-16-12-31-13-16)23-11-22(29)24(25(30)26(23)32-27)21-10-19(35)9-17-5-2-3-7-20(17)21/h2-3,5,7,9-11,16,18,31,35H,4,6,8,12-15H2,1H3. The number of hydrogen-bond donors (Lipinski definition) is 2. The predicted octanol–water partition coefficient (Wildman–Crippen LogP) is 4.41. The molecule has 7 nitrogen and oxygen atoms in total. The summed E-state index contributed by atoms with van der Waals surface area (Å²) in [5, 5.41) is 15.2. The number of nitrogens with one attached hydrogen (secondary N) is 1. The normalized spacial score (nSPS) is 18.5. The lowest BCUT2D eigenvalue weighted by Gasteiger charge is -2.28. The van der Waals surface area contributed by atoms with E-state index in [9.17, 15) is 9.90 Å². The Hall–Kier alpha value is -3.20. The first-order valence-corrected chi connectivity index (χ1v) is 13.0. The third-order valence-electron chi connectivity index (χ3n) is 7.61. The van der Waals surface area contributed by atoms with Crippen molar-refractivity contribution in [1.82, 2.24) is 19.8 Å². The van der Waals surface area contributed by atoms with Gasteiger partial charge < -0.3 is 24.6 Å². The lowest BCUT2D eigenvalue weighted by atomic mass is 9.96. The Labute approximate surface area is 218 Å². The molecule has 0 radical (unpaired) electrons. The number of phenols is 1. The van der Waals surface area contributed by atoms with Gasteiger partial charge in [0, 0.05) is 37.2 Å². The Morgan fingerprint density at radius 1 is 1.24 bits per heavy atom. The average molecular weight is 523 g/mol. The van der Waals surface area contributed by atoms with E-state index in [1.165, 1.54) is 6.07 Å². The summed E-state index contributed by atoms with van der Waals surface area (Å²) < 4.78 is 23.9. The molecule has 192 valence electrons. The van der Waals surface area contributed by atoms with Crippen molar-refractivity contribution in [3.8, 4) is 22.8 Å². The van der Waals surface area contributed by atoms with Crippen LogP contribution in [0.15, 0.2) is 47.3 Å². The van der Waals surface area contributed by atoms with Crippen molar-refractivity contribution in [1.29, 1.82) is 0 Å². The number of benzene rings is 3. The summed E-state index contributed by atoms with van der Waals surface area (Å²) in [5.74, 6) is -0.507. The number of hydrogen-bond acceptors (Lipinski definition) is 6. The van der Waals surface area contributed by atoms with E-state index in [2.05, 4.69) is 15.2 Å². The Bertz CT molecular complexity index is 1570. The number of fused-ring (bicyclic) bond motifs is 2. The summed E-state index contributed by atoms with van der Waals surface area (Å²) >= 11 is 6.69. The van der Waals surface area contributed by atoms with Gasteiger partial charge in [-0.05, 0) is 61.0 Å². The van der Waals surface area contributed by atoms with E-state index in [1.54, 1.807) is 16.7 Å². The summed E-state index contributed by atoms with van der Waals surface area (Å²) in [6.07, 6.45) is 2.05. The second kappa shape index (κ2) is 9.59. The molecule has 2 N–H and O–H groups in total. The van der Waals surface area contributed by atoms with E-state index in [4.69, 9.17) is 16.3 Å². The van der Waals surface area contributed by atoms with Crippen molar-refractivity contribution >= 4 is 33.4 Å². The third-order valence-corrected chi connectivity index (χ3v) is 7.91. The van der Waals surface area contributed by atoms with E-state index < -0.39 is 5.82 Å². The number of nitrogens with zero attached hydrogens (tertiary/aromatic N) is 3. The minimum Gasteiger partial charge on any atom is -0.508 e. The molecular weight excluding hydrogens is 495 g/mol. The van der Waals surface area contributed by atoms with Gasteiger partial charge >= 0.3 is 5.56 Å². The molecule has 0 amide bonds. The van der Waals surface area contributed by atoms with Gasteiger partial charge in [-0.15, -0.1) is 0 Å². The minimum atomic E-state index is -0.651. The van der Waals surface area contributed by atoms with Crippen LogP contribution in [0.2, 0.25) is 5.02 Å². The number of ether oxygens (including phenoxy) is 1. The van der Waals surface area contributed by atoms with E-state index in [0.717, 1.165) is 43.2 Å². The van der Waals surface area contributed by atoms with Crippen molar-refractivity contribution in [3.05, 3.63) is 63.7 Å². The monoisotopic (exact) mass is 522 g/mol. The van der Waals surface area contributed by atoms with E-state index in [0.29, 0.717) is 24.2 Å². The van der Waals surface area contributed by atoms with Crippen LogP contribution in [0.4, 0.5) is 4.39 Å². The zero-order valence-electron chi connectivity index (χ0n) is 20.5. The van der Waals surface area contributed by atoms with Crippen LogP contribution < -0.4 is 15.6 Å². The zero-order valence-corrected chi connectivity index (χ0v) is 21.3. The van der Waals surface area contributed by atoms with Crippen LogP contribution >= 0.6 is 11.6 Å². The molecule has 3 aromatic carbocycles. The van der Waals surface area contributed by atoms with Gasteiger partial charge in [0.05, 0.1) is 10.5 Å². The van der Waals surface area contributed by atoms with Gasteiger partial charge in [-0.1, -0.05) is 35.9 Å². The van der Waals surface area contributed by atoms with Crippen molar-refractivity contribution in [2.24, 2.45) is 5.92 Å². The maximum absolute atomic E-state index is 16.4. The lowest BCUT2D eigenvalue weighted by Crippen LogP contribution is -2.45. The van der Waals surface area contributed by atoms with Crippen molar-refractivity contribution < 1.29 is 14.2 Å². The molecule has 9 heteroatoms. The molecule has 0 saturated carbocycles. The number of rotatable bonds is 6. The molecule has 0 aliphatic carbocycles. The quantitative estimate of drug-likeness (QED) is 0.390. The first-order chi connectivity index (χ1) is 17.9. The topological polar surface area (TPSA) is 79.6 Å². The highest BCUT2D eigenvalue weighted by molar-refractivity contribution is 6.34. The van der Waals surface area contributed by atoms with Crippen molar-refractivity contribution in [2.75, 3.05) is 33.3 Å². The average Bonchev–Trinajstić information content (AvgIpc) is 3.26. The SMILES string of the molecule is CN1CCCC1COc1nc2c(F)c(-c3cc(O)cc4ccccc34)c(Cl)cc2n(CC2CNC2)c1=O. The first-order valence-electron chi connectivity index (χ1n) is 12.6. The Kier molecular flexibility index (Phi) is 6.26. The van der Waals surface area contributed by atoms with Gasteiger partial charge in [0.25, 0.3) is 5.88 Å². The second-order valence-electron chi connectivity index (χ2n) is 10.1. The van der Waals surface area contributed by atoms with Crippen molar-refractivity contribution in [2.45, 2.75) is 25.4 Å². The summed E-state index contributed by atoms with van der Waals surface area (Å²) in [6, 6.07) is 12.3. The molecule has 0 bridgehead atoms. The lowest BCUT2D eigenvalue weighted by molar-refractivity contribution is 0.190. The van der Waals surface area contributed by atoms with Crippen LogP contribution in [0.5, 0.6) is 11.6 Å². The number of likely N-dealkylation sites (N-methyl/N-ethyl adjacent to an activating group) is 1. The molecule has 4 aromatic rings. The van der Waals surface area contributed by atoms with Gasteiger partial charge in [-0.25, -0.2) is 9.37 Å². The van der Waals surface area contributed by atoms with Gasteiger partial charge in [0.1, 0.15) is 17.9 Å². The molecule has 1 aromatic heterocycles. The van der Waals surface area contributed by atoms with Crippen LogP contribution in [-0.4, -0.2) is 58.9 Å². The predicted molar refractivity (Wildman–Crippen MR) is 143 cm³/mol. The van der Waals surface area contributed by atoms with E-state index in [1.807, 2.05) is 31.3 Å². The van der Waals surface area contributed by atoms with E-state index in [-0.39, 0.29) is 45.3 Å². The highest BCUT2D eigenvalue weighted by Gasteiger charge is 2.27. The number of phenolic OH excluding ortho intramolecular Hbond substituents is 1. The fourth-order valence-corrected chi connectivity index (χ4v) is 5.70. The van der Waals surface area contributed by atoms with Crippen LogP contribution in [0.1, 0.15) is 12.8 Å². The fraction of sp³-hybridized carbons (Fsp3) is 0.357. The first kappa shape index (κ1) is 24.2. The fourth-order valence-electron chi connectivity index (χ4n) is 5.41. The molecule has 2 aliphatic rings. The van der Waals surface area contributed by atoms with Crippen LogP contribution in [0.3, 0.4) is 0 Å². The Morgan fingerprint density at radius 3 is 2.78 bits per heavy atom. The molecule has 0 spiro atoms. The van der Waals surface area contributed by atoms with Crippen LogP contribution in [-0.2, 0) is 6.54 Å². The smallest absolute Gasteiger partial charge is 0.313 e. The highest BCUT2D eigenvalue weighted by Crippen LogP contribution is 2.40. The third kappa shape index (κ3) is 4.33. The largest absolute Gasteiger partial charge is 0.508 e. The second-order valence-corrected chi connectivity index (χ2v) is 10.5. The Balaban J connectivity index is 1.53. The number of likely N-dealkylation sites (tertiary alicyclic amines) is 1. The zero-order chi connectivity index (χ0) is 25.7. The summed E-state index contributed by atoms with van der Waals surface area (Å²) in [5.41, 5.74) is 0.557. The van der Waals surface area contributed by atoms with Gasteiger partial charge in [0.2, 0.25) is 0 Å². The summed E-state index contributed by atoms with van der Waals surface area (Å²) in [7, 11) is 2.03. The molecule has 37 heavy (non-hydrogen) atoms. The Morgan fingerprint density at radius 2 is 2.05 bits per heavy atom. The van der Waals surface area contributed by atoms with Crippen molar-refractivity contribution in [3.63, 3.8) is 0 Å². The van der Waals surface area contributed by atoms with Crippen LogP contribution in [0, 0.1) is 11.7 Å². The maximum atomic E-state index is 16.4. The maximum Gasteiger partial charge on any atom is 0.313 e.